The van der Waals surface area contributed by atoms with Crippen molar-refractivity contribution in [2.24, 2.45) is 4.99 Å². The van der Waals surface area contributed by atoms with Gasteiger partial charge in [-0.25, -0.2) is 9.78 Å². The summed E-state index contributed by atoms with van der Waals surface area (Å²) in [5, 5.41) is 9.37. The minimum atomic E-state index is -0.478. The first-order chi connectivity index (χ1) is 14.4. The highest BCUT2D eigenvalue weighted by Gasteiger charge is 2.15. The normalized spacial score (nSPS) is 15.3. The highest BCUT2D eigenvalue weighted by Crippen LogP contribution is 2.18. The number of nitrogens with zero attached hydrogens (tertiary/aromatic N) is 3. The lowest BCUT2D eigenvalue weighted by Gasteiger charge is -2.22. The molecule has 1 aliphatic heterocycles. The van der Waals surface area contributed by atoms with E-state index in [4.69, 9.17) is 4.74 Å². The zero-order chi connectivity index (χ0) is 21.8. The third-order valence-electron chi connectivity index (χ3n) is 4.74. The molecular weight excluding hydrogens is 380 g/mol. The fourth-order valence-electron chi connectivity index (χ4n) is 3.25. The van der Waals surface area contributed by atoms with Crippen LogP contribution in [0.15, 0.2) is 23.3 Å². The fraction of sp³-hybridized carbons (Fsp3) is 0.682. The van der Waals surface area contributed by atoms with Gasteiger partial charge in [-0.15, -0.1) is 0 Å². The number of aromatic nitrogens is 1. The summed E-state index contributed by atoms with van der Waals surface area (Å²) in [5.74, 6) is 1.80. The second-order valence-electron chi connectivity index (χ2n) is 8.56. The number of hydrogen-bond donors (Lipinski definition) is 3. The smallest absolute Gasteiger partial charge is 0.407 e. The lowest BCUT2D eigenvalue weighted by atomic mass is 10.2. The van der Waals surface area contributed by atoms with Crippen molar-refractivity contribution < 1.29 is 9.53 Å². The predicted octanol–water partition coefficient (Wildman–Crippen LogP) is 3.04. The van der Waals surface area contributed by atoms with Gasteiger partial charge in [0.1, 0.15) is 11.4 Å². The molecule has 1 aromatic heterocycles. The molecule has 1 aliphatic rings. The molecule has 0 bridgehead atoms. The number of nitrogens with one attached hydrogen (secondary N) is 3. The van der Waals surface area contributed by atoms with E-state index in [-0.39, 0.29) is 6.09 Å². The second-order valence-corrected chi connectivity index (χ2v) is 8.56. The van der Waals surface area contributed by atoms with Crippen molar-refractivity contribution in [3.05, 3.63) is 23.9 Å². The lowest BCUT2D eigenvalue weighted by Crippen LogP contribution is -2.39. The molecule has 0 unspecified atom stereocenters. The zero-order valence-electron chi connectivity index (χ0n) is 19.0. The maximum absolute atomic E-state index is 11.6. The lowest BCUT2D eigenvalue weighted by molar-refractivity contribution is 0.0527. The second kappa shape index (κ2) is 12.2. The van der Waals surface area contributed by atoms with Gasteiger partial charge in [-0.1, -0.05) is 12.8 Å². The molecule has 2 heterocycles. The Hall–Kier alpha value is -2.51. The molecule has 3 N–H and O–H groups in total. The van der Waals surface area contributed by atoms with Gasteiger partial charge in [-0.2, -0.15) is 0 Å². The first-order valence-electron chi connectivity index (χ1n) is 11.0. The number of hydrogen-bond acceptors (Lipinski definition) is 5. The van der Waals surface area contributed by atoms with Crippen molar-refractivity contribution in [1.82, 2.24) is 20.9 Å². The zero-order valence-corrected chi connectivity index (χ0v) is 19.0. The number of carbonyl (C=O) groups is 1. The van der Waals surface area contributed by atoms with Gasteiger partial charge >= 0.3 is 6.09 Å². The summed E-state index contributed by atoms with van der Waals surface area (Å²) < 4.78 is 5.22. The molecule has 2 rings (SSSR count). The van der Waals surface area contributed by atoms with E-state index in [0.29, 0.717) is 19.6 Å². The van der Waals surface area contributed by atoms with Crippen LogP contribution in [0.4, 0.5) is 10.6 Å². The molecule has 0 spiro atoms. The fourth-order valence-corrected chi connectivity index (χ4v) is 3.25. The van der Waals surface area contributed by atoms with E-state index in [2.05, 4.69) is 36.9 Å². The van der Waals surface area contributed by atoms with Crippen LogP contribution in [0.25, 0.3) is 0 Å². The molecule has 1 saturated heterocycles. The summed E-state index contributed by atoms with van der Waals surface area (Å²) in [5.41, 5.74) is 0.702. The van der Waals surface area contributed by atoms with Crippen LogP contribution in [-0.2, 0) is 11.3 Å². The summed E-state index contributed by atoms with van der Waals surface area (Å²) in [6, 6.07) is 4.20. The highest BCUT2D eigenvalue weighted by molar-refractivity contribution is 5.79. The topological polar surface area (TPSA) is 90.9 Å². The van der Waals surface area contributed by atoms with Gasteiger partial charge in [0.2, 0.25) is 0 Å². The number of rotatable bonds is 7. The number of alkyl carbamates (subject to hydrolysis) is 1. The first kappa shape index (κ1) is 23.8. The summed E-state index contributed by atoms with van der Waals surface area (Å²) in [6.45, 7) is 9.65. The van der Waals surface area contributed by atoms with Gasteiger partial charge in [0.15, 0.2) is 5.96 Å². The number of ether oxygens (including phenoxy) is 1. The minimum absolute atomic E-state index is 0.386. The Bertz CT molecular complexity index is 678. The van der Waals surface area contributed by atoms with Gasteiger partial charge in [-0.05, 0) is 57.7 Å². The van der Waals surface area contributed by atoms with E-state index in [9.17, 15) is 4.79 Å². The molecule has 0 atom stereocenters. The highest BCUT2D eigenvalue weighted by atomic mass is 16.6. The van der Waals surface area contributed by atoms with Gasteiger partial charge in [0, 0.05) is 46.0 Å². The van der Waals surface area contributed by atoms with Gasteiger partial charge in [0.25, 0.3) is 0 Å². The third-order valence-corrected chi connectivity index (χ3v) is 4.74. The number of aliphatic imine (C=N–C) groups is 1. The average Bonchev–Trinajstić information content (AvgIpc) is 2.98. The van der Waals surface area contributed by atoms with E-state index in [0.717, 1.165) is 31.3 Å². The van der Waals surface area contributed by atoms with Crippen molar-refractivity contribution in [3.63, 3.8) is 0 Å². The SMILES string of the molecule is CN=C(NCCCNC(=O)OC(C)(C)C)NCc1ccnc(N2CCCCCC2)c1. The number of amides is 1. The van der Waals surface area contributed by atoms with Gasteiger partial charge in [-0.3, -0.25) is 4.99 Å². The van der Waals surface area contributed by atoms with Gasteiger partial charge in [0.05, 0.1) is 0 Å². The Morgan fingerprint density at radius 3 is 2.50 bits per heavy atom. The standard InChI is InChI=1S/C22H38N6O2/c1-22(2,3)30-21(29)26-12-9-11-25-20(23-4)27-17-18-10-13-24-19(16-18)28-14-7-5-6-8-15-28/h10,13,16H,5-9,11-12,14-15,17H2,1-4H3,(H,26,29)(H2,23,25,27). The Balaban J connectivity index is 1.70. The Kier molecular flexibility index (Phi) is 9.70. The largest absolute Gasteiger partial charge is 0.444 e. The van der Waals surface area contributed by atoms with Crippen LogP contribution in [0, 0.1) is 0 Å². The number of anilines is 1. The molecule has 30 heavy (non-hydrogen) atoms. The summed E-state index contributed by atoms with van der Waals surface area (Å²) in [7, 11) is 1.75. The molecular formula is C22H38N6O2. The van der Waals surface area contributed by atoms with Crippen LogP contribution < -0.4 is 20.9 Å². The van der Waals surface area contributed by atoms with Crippen molar-refractivity contribution in [3.8, 4) is 0 Å². The van der Waals surface area contributed by atoms with E-state index < -0.39 is 5.60 Å². The maximum atomic E-state index is 11.6. The van der Waals surface area contributed by atoms with Gasteiger partial charge < -0.3 is 25.6 Å². The third kappa shape index (κ3) is 9.33. The van der Waals surface area contributed by atoms with Crippen molar-refractivity contribution >= 4 is 17.9 Å². The van der Waals surface area contributed by atoms with E-state index >= 15 is 0 Å². The molecule has 1 amide bonds. The molecule has 1 aromatic rings. The Morgan fingerprint density at radius 1 is 1.13 bits per heavy atom. The number of carbonyl (C=O) groups excluding carboxylic acids is 1. The first-order valence-corrected chi connectivity index (χ1v) is 11.0. The molecule has 8 heteroatoms. The van der Waals surface area contributed by atoms with Crippen LogP contribution in [0.5, 0.6) is 0 Å². The predicted molar refractivity (Wildman–Crippen MR) is 122 cm³/mol. The van der Waals surface area contributed by atoms with Crippen molar-refractivity contribution in [1.29, 1.82) is 0 Å². The van der Waals surface area contributed by atoms with Crippen LogP contribution in [0.1, 0.15) is 58.4 Å². The average molecular weight is 419 g/mol. The summed E-state index contributed by atoms with van der Waals surface area (Å²) in [6.07, 6.45) is 7.37. The molecule has 0 radical (unpaired) electrons. The Morgan fingerprint density at radius 2 is 1.83 bits per heavy atom. The van der Waals surface area contributed by atoms with E-state index in [1.807, 2.05) is 33.0 Å². The maximum Gasteiger partial charge on any atom is 0.407 e. The van der Waals surface area contributed by atoms with Crippen molar-refractivity contribution in [2.45, 2.75) is 65.0 Å². The van der Waals surface area contributed by atoms with Crippen LogP contribution in [0.2, 0.25) is 0 Å². The van der Waals surface area contributed by atoms with E-state index in [1.54, 1.807) is 7.05 Å². The number of guanidine groups is 1. The van der Waals surface area contributed by atoms with E-state index in [1.165, 1.54) is 31.2 Å². The minimum Gasteiger partial charge on any atom is -0.444 e. The van der Waals surface area contributed by atoms with Crippen LogP contribution >= 0.6 is 0 Å². The molecule has 0 aliphatic carbocycles. The Labute approximate surface area is 180 Å². The molecule has 0 saturated carbocycles. The van der Waals surface area contributed by atoms with Crippen molar-refractivity contribution in [2.75, 3.05) is 38.1 Å². The molecule has 168 valence electrons. The number of pyridine rings is 1. The molecule has 1 fully saturated rings. The molecule has 0 aromatic carbocycles. The van der Waals surface area contributed by atoms with Crippen LogP contribution in [0.3, 0.4) is 0 Å². The van der Waals surface area contributed by atoms with Crippen LogP contribution in [-0.4, -0.2) is 55.9 Å². The summed E-state index contributed by atoms with van der Waals surface area (Å²) >= 11 is 0. The summed E-state index contributed by atoms with van der Waals surface area (Å²) in [4.78, 5) is 22.9. The monoisotopic (exact) mass is 418 g/mol. The molecule has 8 nitrogen and oxygen atoms in total. The quantitative estimate of drug-likeness (QED) is 0.358.